The van der Waals surface area contributed by atoms with Crippen molar-refractivity contribution in [2.45, 2.75) is 37.3 Å². The molecule has 1 aromatic carbocycles. The molecular weight excluding hydrogens is 358 g/mol. The van der Waals surface area contributed by atoms with Gasteiger partial charge in [0.05, 0.1) is 4.58 Å². The van der Waals surface area contributed by atoms with Crippen molar-refractivity contribution in [3.63, 3.8) is 0 Å². The lowest BCUT2D eigenvalue weighted by molar-refractivity contribution is -0.150. The van der Waals surface area contributed by atoms with Crippen LogP contribution in [-0.2, 0) is 14.3 Å². The molecule has 1 N–H and O–H groups in total. The van der Waals surface area contributed by atoms with Crippen molar-refractivity contribution in [2.75, 3.05) is 24.7 Å². The quantitative estimate of drug-likeness (QED) is 0.694. The lowest BCUT2D eigenvalue weighted by Crippen LogP contribution is -2.44. The zero-order chi connectivity index (χ0) is 18.3. The molecule has 0 aliphatic carbocycles. The molecule has 1 aromatic rings. The molecule has 0 spiro atoms. The van der Waals surface area contributed by atoms with E-state index in [9.17, 15) is 9.59 Å². The van der Waals surface area contributed by atoms with Crippen LogP contribution in [0.5, 0.6) is 5.75 Å². The number of carbonyl (C=O) groups is 2. The second-order valence-electron chi connectivity index (χ2n) is 6.38. The van der Waals surface area contributed by atoms with E-state index in [4.69, 9.17) is 9.47 Å². The third-order valence-electron chi connectivity index (χ3n) is 3.86. The minimum atomic E-state index is -0.560. The Bertz CT molecular complexity index is 583. The molecule has 1 saturated heterocycles. The van der Waals surface area contributed by atoms with Gasteiger partial charge in [0, 0.05) is 17.0 Å². The van der Waals surface area contributed by atoms with Crippen LogP contribution in [0.15, 0.2) is 24.3 Å². The number of benzene rings is 1. The molecule has 0 bridgehead atoms. The van der Waals surface area contributed by atoms with E-state index in [1.54, 1.807) is 0 Å². The third kappa shape index (κ3) is 6.82. The fourth-order valence-corrected chi connectivity index (χ4v) is 4.96. The summed E-state index contributed by atoms with van der Waals surface area (Å²) < 4.78 is 10.8. The minimum absolute atomic E-state index is 0.212. The van der Waals surface area contributed by atoms with Gasteiger partial charge in [-0.05, 0) is 38.0 Å². The molecular formula is C18H25NO4S2. The first kappa shape index (κ1) is 20.0. The predicted octanol–water partition coefficient (Wildman–Crippen LogP) is 3.39. The van der Waals surface area contributed by atoms with Gasteiger partial charge < -0.3 is 14.8 Å². The van der Waals surface area contributed by atoms with Gasteiger partial charge in [0.15, 0.2) is 13.2 Å². The Kier molecular flexibility index (Phi) is 7.50. The summed E-state index contributed by atoms with van der Waals surface area (Å²) in [5.74, 6) is 2.11. The molecule has 25 heavy (non-hydrogen) atoms. The first-order valence-corrected chi connectivity index (χ1v) is 10.4. The van der Waals surface area contributed by atoms with Crippen molar-refractivity contribution in [1.82, 2.24) is 5.32 Å². The first-order chi connectivity index (χ1) is 11.9. The van der Waals surface area contributed by atoms with E-state index in [-0.39, 0.29) is 24.7 Å². The number of carbonyl (C=O) groups excluding carboxylic acids is 2. The highest BCUT2D eigenvalue weighted by Crippen LogP contribution is 2.45. The lowest BCUT2D eigenvalue weighted by atomic mass is 10.0. The number of thioether (sulfide) groups is 2. The summed E-state index contributed by atoms with van der Waals surface area (Å²) >= 11 is 3.89. The molecule has 0 aromatic heterocycles. The molecule has 5 nitrogen and oxygen atoms in total. The van der Waals surface area contributed by atoms with Crippen LogP contribution in [0.25, 0.3) is 0 Å². The minimum Gasteiger partial charge on any atom is -0.482 e. The van der Waals surface area contributed by atoms with Gasteiger partial charge in [0.1, 0.15) is 5.75 Å². The zero-order valence-corrected chi connectivity index (χ0v) is 16.5. The van der Waals surface area contributed by atoms with Gasteiger partial charge in [0.25, 0.3) is 5.91 Å². The Hall–Kier alpha value is -1.34. The van der Waals surface area contributed by atoms with E-state index in [2.05, 4.69) is 5.32 Å². The van der Waals surface area contributed by atoms with E-state index < -0.39 is 5.97 Å². The number of hydrogen-bond donors (Lipinski definition) is 1. The van der Waals surface area contributed by atoms with Crippen LogP contribution in [0.2, 0.25) is 0 Å². The fraction of sp³-hybridized carbons (Fsp3) is 0.556. The SMILES string of the molecule is CCC(C)(C)NC(=O)COC(=O)COc1ccc(C2SCCS2)cc1. The topological polar surface area (TPSA) is 64.6 Å². The Morgan fingerprint density at radius 2 is 1.80 bits per heavy atom. The average Bonchev–Trinajstić information content (AvgIpc) is 3.13. The van der Waals surface area contributed by atoms with Crippen molar-refractivity contribution in [3.05, 3.63) is 29.8 Å². The van der Waals surface area contributed by atoms with E-state index in [0.717, 1.165) is 6.42 Å². The van der Waals surface area contributed by atoms with Crippen LogP contribution in [0, 0.1) is 0 Å². The Labute approximate surface area is 157 Å². The number of rotatable bonds is 8. The molecule has 0 atom stereocenters. The standard InChI is InChI=1S/C18H25NO4S2/c1-4-18(2,3)19-15(20)11-23-16(21)12-22-14-7-5-13(6-8-14)17-24-9-10-25-17/h5-8,17H,4,9-12H2,1-3H3,(H,19,20). The molecule has 138 valence electrons. The molecule has 7 heteroatoms. The summed E-state index contributed by atoms with van der Waals surface area (Å²) in [5, 5.41) is 2.81. The molecule has 1 aliphatic rings. The van der Waals surface area contributed by atoms with Crippen LogP contribution in [0.1, 0.15) is 37.3 Å². The van der Waals surface area contributed by atoms with Gasteiger partial charge in [-0.25, -0.2) is 4.79 Å². The van der Waals surface area contributed by atoms with E-state index in [0.29, 0.717) is 10.3 Å². The summed E-state index contributed by atoms with van der Waals surface area (Å²) in [5.41, 5.74) is 0.954. The fourth-order valence-electron chi connectivity index (χ4n) is 2.10. The lowest BCUT2D eigenvalue weighted by Gasteiger charge is -2.24. The van der Waals surface area contributed by atoms with Crippen LogP contribution >= 0.6 is 23.5 Å². The first-order valence-electron chi connectivity index (χ1n) is 8.32. The van der Waals surface area contributed by atoms with Crippen molar-refractivity contribution in [1.29, 1.82) is 0 Å². The normalized spacial score (nSPS) is 15.0. The number of esters is 1. The van der Waals surface area contributed by atoms with E-state index in [1.165, 1.54) is 17.1 Å². The molecule has 0 radical (unpaired) electrons. The predicted molar refractivity (Wildman–Crippen MR) is 103 cm³/mol. The number of amides is 1. The maximum atomic E-state index is 11.7. The summed E-state index contributed by atoms with van der Waals surface area (Å²) in [6.45, 7) is 5.32. The molecule has 0 saturated carbocycles. The molecule has 2 rings (SSSR count). The summed E-state index contributed by atoms with van der Waals surface area (Å²) in [6, 6.07) is 7.77. The highest BCUT2D eigenvalue weighted by molar-refractivity contribution is 8.19. The number of ether oxygens (including phenoxy) is 2. The van der Waals surface area contributed by atoms with Gasteiger partial charge in [-0.2, -0.15) is 0 Å². The number of nitrogens with one attached hydrogen (secondary N) is 1. The van der Waals surface area contributed by atoms with Crippen LogP contribution in [0.4, 0.5) is 0 Å². The molecule has 1 aliphatic heterocycles. The van der Waals surface area contributed by atoms with Crippen molar-refractivity contribution in [2.24, 2.45) is 0 Å². The van der Waals surface area contributed by atoms with Crippen LogP contribution in [0.3, 0.4) is 0 Å². The van der Waals surface area contributed by atoms with Crippen molar-refractivity contribution in [3.8, 4) is 5.75 Å². The van der Waals surface area contributed by atoms with E-state index >= 15 is 0 Å². The van der Waals surface area contributed by atoms with Gasteiger partial charge in [-0.15, -0.1) is 23.5 Å². The maximum absolute atomic E-state index is 11.7. The highest BCUT2D eigenvalue weighted by Gasteiger charge is 2.19. The number of hydrogen-bond acceptors (Lipinski definition) is 6. The van der Waals surface area contributed by atoms with Gasteiger partial charge in [0.2, 0.25) is 0 Å². The Morgan fingerprint density at radius 1 is 1.16 bits per heavy atom. The second kappa shape index (κ2) is 9.38. The Balaban J connectivity index is 1.70. The smallest absolute Gasteiger partial charge is 0.344 e. The molecule has 1 amide bonds. The summed E-state index contributed by atoms with van der Waals surface area (Å²) in [6.07, 6.45) is 0.795. The zero-order valence-electron chi connectivity index (χ0n) is 14.9. The van der Waals surface area contributed by atoms with Crippen LogP contribution in [-0.4, -0.2) is 42.1 Å². The average molecular weight is 384 g/mol. The maximum Gasteiger partial charge on any atom is 0.344 e. The van der Waals surface area contributed by atoms with Gasteiger partial charge in [-0.1, -0.05) is 19.1 Å². The van der Waals surface area contributed by atoms with Crippen molar-refractivity contribution >= 4 is 35.4 Å². The monoisotopic (exact) mass is 383 g/mol. The molecule has 1 heterocycles. The van der Waals surface area contributed by atoms with Crippen molar-refractivity contribution < 1.29 is 19.1 Å². The van der Waals surface area contributed by atoms with Crippen LogP contribution < -0.4 is 10.1 Å². The molecule has 1 fully saturated rings. The third-order valence-corrected chi connectivity index (χ3v) is 6.96. The second-order valence-corrected chi connectivity index (χ2v) is 9.10. The van der Waals surface area contributed by atoms with Gasteiger partial charge in [-0.3, -0.25) is 4.79 Å². The summed E-state index contributed by atoms with van der Waals surface area (Å²) in [4.78, 5) is 23.4. The Morgan fingerprint density at radius 3 is 2.40 bits per heavy atom. The molecule has 0 unspecified atom stereocenters. The van der Waals surface area contributed by atoms with Gasteiger partial charge >= 0.3 is 5.97 Å². The highest BCUT2D eigenvalue weighted by atomic mass is 32.2. The van der Waals surface area contributed by atoms with E-state index in [1.807, 2.05) is 68.6 Å². The largest absolute Gasteiger partial charge is 0.482 e. The summed E-state index contributed by atoms with van der Waals surface area (Å²) in [7, 11) is 0.